The molecule has 1 aliphatic heterocycles. The van der Waals surface area contributed by atoms with E-state index in [0.29, 0.717) is 24.6 Å². The van der Waals surface area contributed by atoms with E-state index in [9.17, 15) is 4.79 Å². The van der Waals surface area contributed by atoms with Crippen molar-refractivity contribution in [3.05, 3.63) is 41.9 Å². The van der Waals surface area contributed by atoms with E-state index >= 15 is 0 Å². The SMILES string of the molecule is COc1ncccc1C(=O)NC[C@H]1CCO[C@@H]1c1cn[nH]c1. The molecule has 22 heavy (non-hydrogen) atoms. The van der Waals surface area contributed by atoms with Gasteiger partial charge in [0.2, 0.25) is 5.88 Å². The Hall–Kier alpha value is -2.41. The third-order valence-corrected chi connectivity index (χ3v) is 3.80. The molecule has 1 fully saturated rings. The van der Waals surface area contributed by atoms with E-state index < -0.39 is 0 Å². The van der Waals surface area contributed by atoms with Gasteiger partial charge in [0.1, 0.15) is 5.56 Å². The number of rotatable bonds is 5. The fourth-order valence-electron chi connectivity index (χ4n) is 2.67. The first-order valence-electron chi connectivity index (χ1n) is 7.17. The van der Waals surface area contributed by atoms with Gasteiger partial charge in [-0.25, -0.2) is 4.98 Å². The summed E-state index contributed by atoms with van der Waals surface area (Å²) in [5.41, 5.74) is 1.44. The van der Waals surface area contributed by atoms with Crippen LogP contribution in [0.15, 0.2) is 30.7 Å². The third kappa shape index (κ3) is 2.94. The first-order chi connectivity index (χ1) is 10.8. The maximum absolute atomic E-state index is 12.3. The second kappa shape index (κ2) is 6.57. The van der Waals surface area contributed by atoms with Gasteiger partial charge in [0, 0.05) is 37.0 Å². The van der Waals surface area contributed by atoms with E-state index in [2.05, 4.69) is 20.5 Å². The van der Waals surface area contributed by atoms with Crippen molar-refractivity contribution in [1.29, 1.82) is 0 Å². The molecule has 7 heteroatoms. The smallest absolute Gasteiger partial charge is 0.256 e. The standard InChI is InChI=1S/C15H18N4O3/c1-21-15-12(3-2-5-16-15)14(20)17-7-10-4-6-22-13(10)11-8-18-19-9-11/h2-3,5,8-10,13H,4,6-7H2,1H3,(H,17,20)(H,18,19)/t10-,13+/m1/s1. The fourth-order valence-corrected chi connectivity index (χ4v) is 2.67. The molecule has 0 unspecified atom stereocenters. The molecule has 3 heterocycles. The Morgan fingerprint density at radius 1 is 1.59 bits per heavy atom. The van der Waals surface area contributed by atoms with Crippen LogP contribution in [0.2, 0.25) is 0 Å². The zero-order chi connectivity index (χ0) is 15.4. The molecule has 0 aromatic carbocycles. The first kappa shape index (κ1) is 14.5. The van der Waals surface area contributed by atoms with E-state index in [-0.39, 0.29) is 17.9 Å². The summed E-state index contributed by atoms with van der Waals surface area (Å²) in [7, 11) is 1.50. The maximum Gasteiger partial charge on any atom is 0.256 e. The molecule has 7 nitrogen and oxygen atoms in total. The predicted molar refractivity (Wildman–Crippen MR) is 78.5 cm³/mol. The number of methoxy groups -OCH3 is 1. The molecule has 3 rings (SSSR count). The number of hydrogen-bond donors (Lipinski definition) is 2. The van der Waals surface area contributed by atoms with Crippen molar-refractivity contribution in [1.82, 2.24) is 20.5 Å². The van der Waals surface area contributed by atoms with Gasteiger partial charge in [-0.1, -0.05) is 0 Å². The van der Waals surface area contributed by atoms with Crippen LogP contribution in [-0.2, 0) is 4.74 Å². The van der Waals surface area contributed by atoms with Crippen LogP contribution in [-0.4, -0.2) is 41.3 Å². The van der Waals surface area contributed by atoms with Crippen LogP contribution in [0.3, 0.4) is 0 Å². The normalized spacial score (nSPS) is 20.8. The van der Waals surface area contributed by atoms with Gasteiger partial charge in [0.25, 0.3) is 5.91 Å². The highest BCUT2D eigenvalue weighted by molar-refractivity contribution is 5.96. The topological polar surface area (TPSA) is 89.1 Å². The monoisotopic (exact) mass is 302 g/mol. The Morgan fingerprint density at radius 3 is 3.27 bits per heavy atom. The van der Waals surface area contributed by atoms with Crippen molar-refractivity contribution in [3.8, 4) is 5.88 Å². The molecule has 0 saturated carbocycles. The molecule has 0 bridgehead atoms. The molecule has 2 aromatic rings. The van der Waals surface area contributed by atoms with Crippen LogP contribution in [0.4, 0.5) is 0 Å². The number of carbonyl (C=O) groups excluding carboxylic acids is 1. The van der Waals surface area contributed by atoms with Gasteiger partial charge < -0.3 is 14.8 Å². The predicted octanol–water partition coefficient (Wildman–Crippen LogP) is 1.32. The van der Waals surface area contributed by atoms with Crippen LogP contribution >= 0.6 is 0 Å². The quantitative estimate of drug-likeness (QED) is 0.869. The van der Waals surface area contributed by atoms with Gasteiger partial charge in [0.15, 0.2) is 0 Å². The Labute approximate surface area is 128 Å². The third-order valence-electron chi connectivity index (χ3n) is 3.80. The Bertz CT molecular complexity index is 629. The van der Waals surface area contributed by atoms with Crippen LogP contribution < -0.4 is 10.1 Å². The summed E-state index contributed by atoms with van der Waals surface area (Å²) in [6.45, 7) is 1.22. The number of ether oxygens (including phenoxy) is 2. The molecular weight excluding hydrogens is 284 g/mol. The summed E-state index contributed by atoms with van der Waals surface area (Å²) in [5, 5.41) is 9.68. The number of nitrogens with zero attached hydrogens (tertiary/aromatic N) is 2. The summed E-state index contributed by atoms with van der Waals surface area (Å²) in [6, 6.07) is 3.41. The van der Waals surface area contributed by atoms with Gasteiger partial charge in [-0.05, 0) is 18.6 Å². The lowest BCUT2D eigenvalue weighted by atomic mass is 9.97. The fraction of sp³-hybridized carbons (Fsp3) is 0.400. The largest absolute Gasteiger partial charge is 0.480 e. The Kier molecular flexibility index (Phi) is 4.34. The maximum atomic E-state index is 12.3. The minimum atomic E-state index is -0.192. The summed E-state index contributed by atoms with van der Waals surface area (Å²) in [6.07, 6.45) is 6.05. The van der Waals surface area contributed by atoms with Gasteiger partial charge in [-0.2, -0.15) is 5.10 Å². The van der Waals surface area contributed by atoms with Crippen molar-refractivity contribution in [3.63, 3.8) is 0 Å². The number of amides is 1. The molecular formula is C15H18N4O3. The lowest BCUT2D eigenvalue weighted by molar-refractivity contribution is 0.0845. The van der Waals surface area contributed by atoms with Gasteiger partial charge in [0.05, 0.1) is 19.4 Å². The lowest BCUT2D eigenvalue weighted by Crippen LogP contribution is -2.30. The number of hydrogen-bond acceptors (Lipinski definition) is 5. The van der Waals surface area contributed by atoms with Crippen LogP contribution in [0, 0.1) is 5.92 Å². The highest BCUT2D eigenvalue weighted by Crippen LogP contribution is 2.33. The van der Waals surface area contributed by atoms with E-state index in [1.807, 2.05) is 6.20 Å². The van der Waals surface area contributed by atoms with Crippen molar-refractivity contribution in [2.24, 2.45) is 5.92 Å². The van der Waals surface area contributed by atoms with Crippen molar-refractivity contribution < 1.29 is 14.3 Å². The van der Waals surface area contributed by atoms with Crippen molar-refractivity contribution in [2.75, 3.05) is 20.3 Å². The first-order valence-corrected chi connectivity index (χ1v) is 7.17. The molecule has 1 amide bonds. The van der Waals surface area contributed by atoms with Gasteiger partial charge >= 0.3 is 0 Å². The minimum absolute atomic E-state index is 0.0326. The van der Waals surface area contributed by atoms with Gasteiger partial charge in [-0.3, -0.25) is 9.89 Å². The zero-order valence-electron chi connectivity index (χ0n) is 12.3. The molecule has 2 N–H and O–H groups in total. The van der Waals surface area contributed by atoms with Gasteiger partial charge in [-0.15, -0.1) is 0 Å². The average molecular weight is 302 g/mol. The molecule has 1 saturated heterocycles. The molecule has 0 radical (unpaired) electrons. The second-order valence-electron chi connectivity index (χ2n) is 5.14. The molecule has 0 aliphatic carbocycles. The zero-order valence-corrected chi connectivity index (χ0v) is 12.3. The molecule has 2 aromatic heterocycles. The van der Waals surface area contributed by atoms with Crippen LogP contribution in [0.25, 0.3) is 0 Å². The second-order valence-corrected chi connectivity index (χ2v) is 5.14. The number of pyridine rings is 1. The Morgan fingerprint density at radius 2 is 2.50 bits per heavy atom. The molecule has 0 spiro atoms. The summed E-state index contributed by atoms with van der Waals surface area (Å²) in [5.74, 6) is 0.362. The number of H-pyrrole nitrogens is 1. The van der Waals surface area contributed by atoms with Crippen LogP contribution in [0.1, 0.15) is 28.4 Å². The van der Waals surface area contributed by atoms with E-state index in [1.165, 1.54) is 7.11 Å². The van der Waals surface area contributed by atoms with Crippen molar-refractivity contribution >= 4 is 5.91 Å². The molecule has 1 aliphatic rings. The number of aromatic nitrogens is 3. The summed E-state index contributed by atoms with van der Waals surface area (Å²) >= 11 is 0. The lowest BCUT2D eigenvalue weighted by Gasteiger charge is -2.18. The molecule has 2 atom stereocenters. The summed E-state index contributed by atoms with van der Waals surface area (Å²) < 4.78 is 10.9. The minimum Gasteiger partial charge on any atom is -0.480 e. The van der Waals surface area contributed by atoms with E-state index in [1.54, 1.807) is 24.5 Å². The van der Waals surface area contributed by atoms with Crippen LogP contribution in [0.5, 0.6) is 5.88 Å². The highest BCUT2D eigenvalue weighted by Gasteiger charge is 2.30. The Balaban J connectivity index is 1.63. The highest BCUT2D eigenvalue weighted by atomic mass is 16.5. The average Bonchev–Trinajstić information content (AvgIpc) is 3.23. The number of nitrogens with one attached hydrogen (secondary N) is 2. The number of aromatic amines is 1. The van der Waals surface area contributed by atoms with E-state index in [4.69, 9.17) is 9.47 Å². The molecule has 116 valence electrons. The number of carbonyl (C=O) groups is 1. The van der Waals surface area contributed by atoms with Crippen molar-refractivity contribution in [2.45, 2.75) is 12.5 Å². The summed E-state index contributed by atoms with van der Waals surface area (Å²) in [4.78, 5) is 16.3. The van der Waals surface area contributed by atoms with E-state index in [0.717, 1.165) is 12.0 Å².